The van der Waals surface area contributed by atoms with Crippen LogP contribution >= 0.6 is 0 Å². The average Bonchev–Trinajstić information content (AvgIpc) is 2.67. The number of benzene rings is 1. The van der Waals surface area contributed by atoms with Crippen molar-refractivity contribution in [2.45, 2.75) is 25.4 Å². The van der Waals surface area contributed by atoms with Crippen LogP contribution in [-0.4, -0.2) is 11.2 Å². The van der Waals surface area contributed by atoms with Crippen molar-refractivity contribution in [1.29, 1.82) is 0 Å². The number of hydrogen-bond acceptors (Lipinski definition) is 0. The Kier molecular flexibility index (Phi) is 2.40. The van der Waals surface area contributed by atoms with Crippen LogP contribution in [0.1, 0.15) is 17.7 Å². The van der Waals surface area contributed by atoms with Crippen LogP contribution in [-0.2, 0) is 12.8 Å². The molecule has 5 heteroatoms. The third kappa shape index (κ3) is 1.69. The van der Waals surface area contributed by atoms with Gasteiger partial charge in [-0.15, -0.1) is 0 Å². The summed E-state index contributed by atoms with van der Waals surface area (Å²) in [7, 11) is 0. The Labute approximate surface area is 101 Å². The maximum Gasteiger partial charge on any atom is 0.392 e. The lowest BCUT2D eigenvalue weighted by atomic mass is 9.86. The van der Waals surface area contributed by atoms with Crippen molar-refractivity contribution in [2.75, 3.05) is 0 Å². The highest BCUT2D eigenvalue weighted by Gasteiger charge is 2.41. The normalized spacial score (nSPS) is 20.1. The maximum absolute atomic E-state index is 13.6. The van der Waals surface area contributed by atoms with E-state index >= 15 is 0 Å². The molecule has 1 aromatic heterocycles. The van der Waals surface area contributed by atoms with Crippen LogP contribution in [0.15, 0.2) is 18.2 Å². The fourth-order valence-electron chi connectivity index (χ4n) is 2.68. The molecule has 1 aliphatic rings. The van der Waals surface area contributed by atoms with Gasteiger partial charge in [-0.1, -0.05) is 12.1 Å². The molecule has 0 amide bonds. The minimum absolute atomic E-state index is 0.0533. The monoisotopic (exact) mass is 257 g/mol. The molecule has 2 aromatic rings. The molecule has 96 valence electrons. The number of para-hydroxylation sites is 1. The standard InChI is InChI=1S/C13H11F4N/c14-10-3-1-2-8-9-6-7(13(15,16)17)4-5-11(9)18-12(8)10/h1-3,7,18H,4-6H2. The van der Waals surface area contributed by atoms with Gasteiger partial charge in [0.15, 0.2) is 0 Å². The Bertz CT molecular complexity index is 597. The van der Waals surface area contributed by atoms with Gasteiger partial charge < -0.3 is 4.98 Å². The molecule has 0 fully saturated rings. The van der Waals surface area contributed by atoms with Crippen molar-refractivity contribution in [3.63, 3.8) is 0 Å². The molecule has 1 N–H and O–H groups in total. The topological polar surface area (TPSA) is 15.8 Å². The third-order valence-electron chi connectivity index (χ3n) is 3.64. The molecular formula is C13H11F4N. The van der Waals surface area contributed by atoms with Gasteiger partial charge in [0.25, 0.3) is 0 Å². The summed E-state index contributed by atoms with van der Waals surface area (Å²) in [6.45, 7) is 0. The van der Waals surface area contributed by atoms with E-state index in [2.05, 4.69) is 4.98 Å². The van der Waals surface area contributed by atoms with Gasteiger partial charge in [-0.3, -0.25) is 0 Å². The van der Waals surface area contributed by atoms with Crippen molar-refractivity contribution in [2.24, 2.45) is 5.92 Å². The van der Waals surface area contributed by atoms with Crippen LogP contribution in [0.4, 0.5) is 17.6 Å². The van der Waals surface area contributed by atoms with Gasteiger partial charge in [-0.25, -0.2) is 4.39 Å². The van der Waals surface area contributed by atoms with Gasteiger partial charge in [0.05, 0.1) is 11.4 Å². The molecule has 3 rings (SSSR count). The molecule has 1 nitrogen and oxygen atoms in total. The highest BCUT2D eigenvalue weighted by Crippen LogP contribution is 2.39. The van der Waals surface area contributed by atoms with E-state index in [1.807, 2.05) is 0 Å². The second-order valence-corrected chi connectivity index (χ2v) is 4.73. The summed E-state index contributed by atoms with van der Waals surface area (Å²) >= 11 is 0. The molecule has 0 saturated heterocycles. The fourth-order valence-corrected chi connectivity index (χ4v) is 2.68. The first-order valence-corrected chi connectivity index (χ1v) is 5.81. The molecule has 18 heavy (non-hydrogen) atoms. The van der Waals surface area contributed by atoms with Crippen LogP contribution in [0.25, 0.3) is 10.9 Å². The van der Waals surface area contributed by atoms with Crippen LogP contribution in [0, 0.1) is 11.7 Å². The van der Waals surface area contributed by atoms with Crippen molar-refractivity contribution in [3.05, 3.63) is 35.3 Å². The largest absolute Gasteiger partial charge is 0.392 e. The van der Waals surface area contributed by atoms with Crippen molar-refractivity contribution >= 4 is 10.9 Å². The number of hydrogen-bond donors (Lipinski definition) is 1. The lowest BCUT2D eigenvalue weighted by molar-refractivity contribution is -0.177. The molecule has 0 saturated carbocycles. The van der Waals surface area contributed by atoms with E-state index in [1.54, 1.807) is 6.07 Å². The number of alkyl halides is 3. The predicted molar refractivity (Wildman–Crippen MR) is 59.8 cm³/mol. The Morgan fingerprint density at radius 3 is 2.72 bits per heavy atom. The van der Waals surface area contributed by atoms with E-state index in [0.717, 1.165) is 5.69 Å². The zero-order valence-corrected chi connectivity index (χ0v) is 9.44. The summed E-state index contributed by atoms with van der Waals surface area (Å²) < 4.78 is 51.8. The number of aryl methyl sites for hydroxylation is 1. The molecule has 1 heterocycles. The first-order chi connectivity index (χ1) is 8.47. The summed E-state index contributed by atoms with van der Waals surface area (Å²) in [4.78, 5) is 2.91. The third-order valence-corrected chi connectivity index (χ3v) is 3.64. The van der Waals surface area contributed by atoms with Crippen LogP contribution in [0.3, 0.4) is 0 Å². The van der Waals surface area contributed by atoms with Crippen LogP contribution in [0.2, 0.25) is 0 Å². The number of halogens is 4. The van der Waals surface area contributed by atoms with E-state index in [9.17, 15) is 17.6 Å². The molecular weight excluding hydrogens is 246 g/mol. The fraction of sp³-hybridized carbons (Fsp3) is 0.385. The van der Waals surface area contributed by atoms with Crippen molar-refractivity contribution in [1.82, 2.24) is 4.98 Å². The highest BCUT2D eigenvalue weighted by molar-refractivity contribution is 5.85. The predicted octanol–water partition coefficient (Wildman–Crippen LogP) is 3.97. The van der Waals surface area contributed by atoms with Gasteiger partial charge >= 0.3 is 6.18 Å². The minimum Gasteiger partial charge on any atom is -0.356 e. The molecule has 1 aliphatic carbocycles. The Morgan fingerprint density at radius 1 is 1.22 bits per heavy atom. The zero-order chi connectivity index (χ0) is 12.9. The number of aromatic nitrogens is 1. The van der Waals surface area contributed by atoms with Gasteiger partial charge in [0, 0.05) is 11.1 Å². The van der Waals surface area contributed by atoms with Gasteiger partial charge in [-0.05, 0) is 30.9 Å². The lowest BCUT2D eigenvalue weighted by Crippen LogP contribution is -2.28. The molecule has 1 unspecified atom stereocenters. The Hall–Kier alpha value is -1.52. The molecule has 1 atom stereocenters. The number of H-pyrrole nitrogens is 1. The number of fused-ring (bicyclic) bond motifs is 3. The number of nitrogens with one attached hydrogen (secondary N) is 1. The first-order valence-electron chi connectivity index (χ1n) is 5.81. The van der Waals surface area contributed by atoms with E-state index in [1.165, 1.54) is 12.1 Å². The highest BCUT2D eigenvalue weighted by atomic mass is 19.4. The first kappa shape index (κ1) is 11.6. The minimum atomic E-state index is -4.17. The Balaban J connectivity index is 2.10. The van der Waals surface area contributed by atoms with Crippen molar-refractivity contribution in [3.8, 4) is 0 Å². The van der Waals surface area contributed by atoms with E-state index < -0.39 is 17.9 Å². The summed E-state index contributed by atoms with van der Waals surface area (Å²) in [6, 6.07) is 4.51. The quantitative estimate of drug-likeness (QED) is 0.687. The van der Waals surface area contributed by atoms with Crippen molar-refractivity contribution < 1.29 is 17.6 Å². The molecule has 0 bridgehead atoms. The van der Waals surface area contributed by atoms with Gasteiger partial charge in [0.2, 0.25) is 0 Å². The van der Waals surface area contributed by atoms with Gasteiger partial charge in [-0.2, -0.15) is 13.2 Å². The summed E-state index contributed by atoms with van der Waals surface area (Å²) in [5.41, 5.74) is 1.69. The molecule has 0 spiro atoms. The lowest BCUT2D eigenvalue weighted by Gasteiger charge is -2.24. The second-order valence-electron chi connectivity index (χ2n) is 4.73. The average molecular weight is 257 g/mol. The second kappa shape index (κ2) is 3.73. The number of rotatable bonds is 0. The molecule has 0 radical (unpaired) electrons. The Morgan fingerprint density at radius 2 is 2.00 bits per heavy atom. The van der Waals surface area contributed by atoms with E-state index in [0.29, 0.717) is 22.9 Å². The maximum atomic E-state index is 13.6. The summed E-state index contributed by atoms with van der Waals surface area (Å²) in [6.07, 6.45) is -3.82. The van der Waals surface area contributed by atoms with E-state index in [4.69, 9.17) is 0 Å². The van der Waals surface area contributed by atoms with Crippen LogP contribution in [0.5, 0.6) is 0 Å². The van der Waals surface area contributed by atoms with E-state index in [-0.39, 0.29) is 12.8 Å². The SMILES string of the molecule is Fc1cccc2c3c([nH]c12)CCC(C(F)(F)F)C3. The van der Waals surface area contributed by atoms with Crippen LogP contribution < -0.4 is 0 Å². The molecule has 0 aliphatic heterocycles. The van der Waals surface area contributed by atoms with Gasteiger partial charge in [0.1, 0.15) is 5.82 Å². The molecule has 1 aromatic carbocycles. The zero-order valence-electron chi connectivity index (χ0n) is 9.44. The number of aromatic amines is 1. The summed E-state index contributed by atoms with van der Waals surface area (Å²) in [5.74, 6) is -1.72. The smallest absolute Gasteiger partial charge is 0.356 e. The summed E-state index contributed by atoms with van der Waals surface area (Å²) in [5, 5.41) is 0.582.